The molecule has 0 aliphatic carbocycles. The molecule has 0 atom stereocenters. The zero-order valence-corrected chi connectivity index (χ0v) is 32.4. The molecule has 6 aromatic carbocycles. The second kappa shape index (κ2) is 11.9. The summed E-state index contributed by atoms with van der Waals surface area (Å²) < 4.78 is 21.1. The van der Waals surface area contributed by atoms with Crippen molar-refractivity contribution in [2.24, 2.45) is 0 Å². The Bertz CT molecular complexity index is 2730. The van der Waals surface area contributed by atoms with Crippen LogP contribution in [0.3, 0.4) is 0 Å². The molecule has 0 saturated carbocycles. The minimum Gasteiger partial charge on any atom is -0.468 e. The maximum Gasteiger partial charge on any atom is 0.346 e. The Morgan fingerprint density at radius 2 is 1.13 bits per heavy atom. The highest BCUT2D eigenvalue weighted by Gasteiger charge is 2.49. The molecule has 0 unspecified atom stereocenters. The summed E-state index contributed by atoms with van der Waals surface area (Å²) in [5, 5.41) is 2.04. The molecule has 2 aliphatic heterocycles. The molecule has 55 heavy (non-hydrogen) atoms. The van der Waals surface area contributed by atoms with Gasteiger partial charge in [0.1, 0.15) is 28.2 Å². The van der Waals surface area contributed by atoms with E-state index in [1.807, 2.05) is 0 Å². The summed E-state index contributed by atoms with van der Waals surface area (Å²) in [6.07, 6.45) is 0. The first-order valence-electron chi connectivity index (χ1n) is 19.2. The number of benzene rings is 6. The van der Waals surface area contributed by atoms with E-state index in [9.17, 15) is 0 Å². The molecular weight excluding hydrogens is 675 g/mol. The number of nitrogens with zero attached hydrogens (tertiary/aromatic N) is 2. The maximum absolute atomic E-state index is 7.18. The summed E-state index contributed by atoms with van der Waals surface area (Å²) in [5.74, 6) is 1.53. The summed E-state index contributed by atoms with van der Waals surface area (Å²) in [7, 11) is 0. The van der Waals surface area contributed by atoms with Crippen LogP contribution in [-0.4, -0.2) is 6.71 Å². The first-order valence-corrected chi connectivity index (χ1v) is 19.2. The van der Waals surface area contributed by atoms with Crippen molar-refractivity contribution >= 4 is 79.6 Å². The van der Waals surface area contributed by atoms with Gasteiger partial charge in [-0.2, -0.15) is 0 Å². The van der Waals surface area contributed by atoms with Crippen molar-refractivity contribution in [3.63, 3.8) is 0 Å². The predicted molar refractivity (Wildman–Crippen MR) is 229 cm³/mol. The molecule has 0 saturated heterocycles. The number of furan rings is 2. The molecule has 0 fully saturated rings. The van der Waals surface area contributed by atoms with Gasteiger partial charge < -0.3 is 23.4 Å². The average molecular weight is 719 g/mol. The second-order valence-electron chi connectivity index (χ2n) is 17.1. The number of ether oxygens (including phenoxy) is 1. The number of fused-ring (bicyclic) bond motifs is 8. The second-order valence-corrected chi connectivity index (χ2v) is 17.1. The fourth-order valence-corrected chi connectivity index (χ4v) is 8.31. The highest BCUT2D eigenvalue weighted by atomic mass is 16.5. The lowest BCUT2D eigenvalue weighted by molar-refractivity contribution is 0.481. The molecule has 0 amide bonds. The van der Waals surface area contributed by atoms with Crippen LogP contribution in [0.15, 0.2) is 142 Å². The molecule has 0 N–H and O–H groups in total. The van der Waals surface area contributed by atoms with Crippen LogP contribution < -0.4 is 31.3 Å². The number of rotatable bonds is 4. The van der Waals surface area contributed by atoms with Crippen LogP contribution in [0.5, 0.6) is 11.5 Å². The summed E-state index contributed by atoms with van der Waals surface area (Å²) in [4.78, 5) is 4.69. The monoisotopic (exact) mass is 718 g/mol. The van der Waals surface area contributed by atoms with Gasteiger partial charge in [0.2, 0.25) is 0 Å². The quantitative estimate of drug-likeness (QED) is 0.170. The third-order valence-electron chi connectivity index (χ3n) is 11.3. The van der Waals surface area contributed by atoms with E-state index in [1.54, 1.807) is 0 Å². The molecule has 2 aliphatic rings. The van der Waals surface area contributed by atoms with Gasteiger partial charge in [0.25, 0.3) is 0 Å². The Kier molecular flexibility index (Phi) is 7.25. The number of hydrogen-bond donors (Lipinski definition) is 0. The fourth-order valence-electron chi connectivity index (χ4n) is 8.31. The molecular formula is C49H43BN2O3. The summed E-state index contributed by atoms with van der Waals surface area (Å²) in [6.45, 7) is 15.3. The SMILES string of the molecule is Cc1ccc(N2c3cc(N(c4ccccc4)c4ccccc4)cc4c3B(c3oc5ccc(C(C)(C)C)cc5c3O4)c3oc4ccc(C(C)(C)C)cc4c32)cc1. The Hall–Kier alpha value is -6.14. The van der Waals surface area contributed by atoms with Gasteiger partial charge in [0.15, 0.2) is 5.75 Å². The van der Waals surface area contributed by atoms with Crippen LogP contribution in [0.4, 0.5) is 34.1 Å². The van der Waals surface area contributed by atoms with Gasteiger partial charge in [-0.3, -0.25) is 0 Å². The van der Waals surface area contributed by atoms with Crippen molar-refractivity contribution in [3.05, 3.63) is 150 Å². The molecule has 0 spiro atoms. The van der Waals surface area contributed by atoms with Gasteiger partial charge >= 0.3 is 6.71 Å². The van der Waals surface area contributed by atoms with Crippen LogP contribution in [0.2, 0.25) is 0 Å². The zero-order valence-electron chi connectivity index (χ0n) is 32.4. The minimum atomic E-state index is -0.336. The lowest BCUT2D eigenvalue weighted by Gasteiger charge is -2.38. The normalized spacial score (nSPS) is 13.4. The molecule has 270 valence electrons. The van der Waals surface area contributed by atoms with Crippen molar-refractivity contribution in [3.8, 4) is 11.5 Å². The van der Waals surface area contributed by atoms with Crippen LogP contribution in [0.25, 0.3) is 21.9 Å². The third kappa shape index (κ3) is 5.30. The Morgan fingerprint density at radius 1 is 0.564 bits per heavy atom. The number of para-hydroxylation sites is 2. The highest BCUT2D eigenvalue weighted by Crippen LogP contribution is 2.49. The standard InChI is InChI=1S/C49H43BN2O3/c1-30-18-22-35(23-19-30)52-39-28-36(51(33-14-10-8-11-15-33)34-16-12-9-13-17-34)29-42-43(39)50(46-44(52)37-26-31(48(2,3)4)20-24-40(37)54-46)47-45(53-42)38-27-32(49(5,6)7)21-25-41(38)55-47/h8-29H,1-7H3. The van der Waals surface area contributed by atoms with Crippen LogP contribution in [0, 0.1) is 6.92 Å². The van der Waals surface area contributed by atoms with E-state index in [0.29, 0.717) is 0 Å². The van der Waals surface area contributed by atoms with E-state index >= 15 is 0 Å². The van der Waals surface area contributed by atoms with E-state index in [0.717, 1.165) is 84.3 Å². The van der Waals surface area contributed by atoms with E-state index in [4.69, 9.17) is 13.6 Å². The molecule has 0 bridgehead atoms. The lowest BCUT2D eigenvalue weighted by Crippen LogP contribution is -2.58. The van der Waals surface area contributed by atoms with Crippen LogP contribution in [0.1, 0.15) is 58.2 Å². The minimum absolute atomic E-state index is 0.0484. The van der Waals surface area contributed by atoms with Crippen molar-refractivity contribution in [1.82, 2.24) is 0 Å². The molecule has 5 nitrogen and oxygen atoms in total. The Labute approximate surface area is 322 Å². The van der Waals surface area contributed by atoms with Gasteiger partial charge in [-0.25, -0.2) is 0 Å². The molecule has 2 aromatic heterocycles. The summed E-state index contributed by atoms with van der Waals surface area (Å²) >= 11 is 0. The topological polar surface area (TPSA) is 42.0 Å². The van der Waals surface area contributed by atoms with Gasteiger partial charge in [0.05, 0.1) is 16.8 Å². The third-order valence-corrected chi connectivity index (χ3v) is 11.3. The largest absolute Gasteiger partial charge is 0.468 e. The first kappa shape index (κ1) is 33.4. The Balaban J connectivity index is 1.32. The number of hydrogen-bond acceptors (Lipinski definition) is 5. The van der Waals surface area contributed by atoms with E-state index < -0.39 is 0 Å². The van der Waals surface area contributed by atoms with Crippen molar-refractivity contribution in [2.75, 3.05) is 9.80 Å². The summed E-state index contributed by atoms with van der Waals surface area (Å²) in [5.41, 5.74) is 14.1. The molecule has 10 rings (SSSR count). The predicted octanol–water partition coefficient (Wildman–Crippen LogP) is 12.0. The lowest BCUT2D eigenvalue weighted by atomic mass is 9.38. The average Bonchev–Trinajstić information content (AvgIpc) is 3.73. The van der Waals surface area contributed by atoms with Crippen molar-refractivity contribution in [1.29, 1.82) is 0 Å². The first-order chi connectivity index (χ1) is 26.4. The van der Waals surface area contributed by atoms with Gasteiger partial charge in [-0.1, -0.05) is 108 Å². The van der Waals surface area contributed by atoms with E-state index in [2.05, 4.69) is 192 Å². The van der Waals surface area contributed by atoms with Crippen molar-refractivity contribution < 1.29 is 13.6 Å². The number of anilines is 6. The summed E-state index contributed by atoms with van der Waals surface area (Å²) in [6, 6.07) is 47.6. The fraction of sp³-hybridized carbons (Fsp3) is 0.184. The van der Waals surface area contributed by atoms with E-state index in [1.165, 1.54) is 16.7 Å². The molecule has 4 heterocycles. The smallest absolute Gasteiger partial charge is 0.346 e. The molecule has 0 radical (unpaired) electrons. The molecule has 6 heteroatoms. The maximum atomic E-state index is 7.18. The van der Waals surface area contributed by atoms with Crippen LogP contribution >= 0.6 is 0 Å². The van der Waals surface area contributed by atoms with E-state index in [-0.39, 0.29) is 17.5 Å². The van der Waals surface area contributed by atoms with Crippen molar-refractivity contribution in [2.45, 2.75) is 59.3 Å². The van der Waals surface area contributed by atoms with Gasteiger partial charge in [0, 0.05) is 39.7 Å². The zero-order chi connectivity index (χ0) is 37.8. The van der Waals surface area contributed by atoms with Crippen LogP contribution in [-0.2, 0) is 10.8 Å². The Morgan fingerprint density at radius 3 is 1.73 bits per heavy atom. The molecule has 8 aromatic rings. The number of aryl methyl sites for hydroxylation is 1. The highest BCUT2D eigenvalue weighted by molar-refractivity contribution is 6.98. The van der Waals surface area contributed by atoms with Gasteiger partial charge in [-0.05, 0) is 95.6 Å². The van der Waals surface area contributed by atoms with Gasteiger partial charge in [-0.15, -0.1) is 0 Å².